The molecule has 0 N–H and O–H groups in total. The summed E-state index contributed by atoms with van der Waals surface area (Å²) in [5.41, 5.74) is 5.83. The van der Waals surface area contributed by atoms with E-state index < -0.39 is 10.1 Å². The standard InChI is InChI=1S/C20H13ClO3S.K/c21-16-10-9-15-17-11-5-1-3-7-13(11)18(14-8-4-2-6-12(14)17)19(15)20(16)25(22,23)24;/h1-10,17-18H,(H,22,23,24);/q;+1/p-1. The quantitative estimate of drug-likeness (QED) is 0.311. The summed E-state index contributed by atoms with van der Waals surface area (Å²) in [5.74, 6) is -0.366. The molecule has 3 nitrogen and oxygen atoms in total. The van der Waals surface area contributed by atoms with Crippen molar-refractivity contribution >= 4 is 21.7 Å². The third kappa shape index (κ3) is 2.53. The Morgan fingerprint density at radius 3 is 1.65 bits per heavy atom. The fraction of sp³-hybridized carbons (Fsp3) is 0.100. The van der Waals surface area contributed by atoms with Gasteiger partial charge in [0.25, 0.3) is 0 Å². The van der Waals surface area contributed by atoms with Gasteiger partial charge >= 0.3 is 51.4 Å². The average Bonchev–Trinajstić information content (AvgIpc) is 2.60. The van der Waals surface area contributed by atoms with E-state index in [0.717, 1.165) is 27.8 Å². The van der Waals surface area contributed by atoms with E-state index in [1.165, 1.54) is 6.07 Å². The fourth-order valence-corrected chi connectivity index (χ4v) is 5.71. The molecule has 0 atom stereocenters. The predicted molar refractivity (Wildman–Crippen MR) is 94.2 cm³/mol. The van der Waals surface area contributed by atoms with E-state index in [-0.39, 0.29) is 73.1 Å². The monoisotopic (exact) mass is 406 g/mol. The molecule has 0 radical (unpaired) electrons. The molecule has 6 heteroatoms. The summed E-state index contributed by atoms with van der Waals surface area (Å²) < 4.78 is 36.0. The van der Waals surface area contributed by atoms with Gasteiger partial charge in [-0.1, -0.05) is 66.2 Å². The molecule has 0 unspecified atom stereocenters. The summed E-state index contributed by atoms with van der Waals surface area (Å²) >= 11 is 6.16. The molecule has 0 fully saturated rings. The summed E-state index contributed by atoms with van der Waals surface area (Å²) in [7, 11) is -4.68. The largest absolute Gasteiger partial charge is 1.00 e. The van der Waals surface area contributed by atoms with Crippen LogP contribution < -0.4 is 51.4 Å². The van der Waals surface area contributed by atoms with Crippen LogP contribution in [0.25, 0.3) is 0 Å². The normalized spacial score (nSPS) is 19.2. The van der Waals surface area contributed by atoms with Gasteiger partial charge in [0, 0.05) is 11.8 Å². The predicted octanol–water partition coefficient (Wildman–Crippen LogP) is 1.24. The molecule has 26 heavy (non-hydrogen) atoms. The number of rotatable bonds is 1. The van der Waals surface area contributed by atoms with E-state index >= 15 is 0 Å². The summed E-state index contributed by atoms with van der Waals surface area (Å²) in [6, 6.07) is 19.4. The summed E-state index contributed by atoms with van der Waals surface area (Å²) in [5, 5.41) is -0.00346. The minimum absolute atomic E-state index is 0. The van der Waals surface area contributed by atoms with Crippen LogP contribution in [0.3, 0.4) is 0 Å². The zero-order valence-electron chi connectivity index (χ0n) is 13.9. The van der Waals surface area contributed by atoms with Gasteiger partial charge in [0.2, 0.25) is 0 Å². The Bertz CT molecular complexity index is 1110. The zero-order chi connectivity index (χ0) is 17.3. The molecule has 0 saturated heterocycles. The first-order chi connectivity index (χ1) is 12.0. The number of hydrogen-bond donors (Lipinski definition) is 0. The van der Waals surface area contributed by atoms with Crippen LogP contribution in [0.4, 0.5) is 0 Å². The Hall–Kier alpha value is -0.504. The maximum Gasteiger partial charge on any atom is 1.00 e. The van der Waals surface area contributed by atoms with Crippen LogP contribution in [-0.2, 0) is 10.1 Å². The minimum atomic E-state index is -4.68. The van der Waals surface area contributed by atoms with Crippen molar-refractivity contribution in [3.05, 3.63) is 99.1 Å². The van der Waals surface area contributed by atoms with E-state index in [4.69, 9.17) is 11.6 Å². The van der Waals surface area contributed by atoms with Gasteiger partial charge in [-0.05, 0) is 39.4 Å². The Morgan fingerprint density at radius 1 is 0.731 bits per heavy atom. The van der Waals surface area contributed by atoms with Gasteiger partial charge in [-0.2, -0.15) is 0 Å². The summed E-state index contributed by atoms with van der Waals surface area (Å²) in [6.07, 6.45) is 0. The van der Waals surface area contributed by atoms with Crippen LogP contribution >= 0.6 is 11.6 Å². The van der Waals surface area contributed by atoms with Crippen molar-refractivity contribution in [2.75, 3.05) is 0 Å². The molecule has 2 bridgehead atoms. The van der Waals surface area contributed by atoms with Gasteiger partial charge in [0.05, 0.1) is 9.92 Å². The smallest absolute Gasteiger partial charge is 0.744 e. The molecule has 0 amide bonds. The summed E-state index contributed by atoms with van der Waals surface area (Å²) in [4.78, 5) is -0.273. The molecule has 0 aliphatic heterocycles. The van der Waals surface area contributed by atoms with Crippen molar-refractivity contribution in [1.29, 1.82) is 0 Å². The third-order valence-corrected chi connectivity index (χ3v) is 6.63. The van der Waals surface area contributed by atoms with E-state index in [1.54, 1.807) is 0 Å². The molecule has 3 aromatic carbocycles. The van der Waals surface area contributed by atoms with E-state index in [1.807, 2.05) is 42.5 Å². The second kappa shape index (κ2) is 6.53. The Balaban J connectivity index is 0.00000168. The Labute approximate surface area is 199 Å². The zero-order valence-corrected chi connectivity index (χ0v) is 18.6. The molecule has 0 heterocycles. The molecular weight excluding hydrogens is 395 g/mol. The van der Waals surface area contributed by atoms with Crippen molar-refractivity contribution in [3.63, 3.8) is 0 Å². The van der Waals surface area contributed by atoms with Crippen LogP contribution in [0, 0.1) is 0 Å². The van der Waals surface area contributed by atoms with Gasteiger partial charge in [-0.25, -0.2) is 8.42 Å². The van der Waals surface area contributed by atoms with Crippen LogP contribution in [0.2, 0.25) is 5.02 Å². The van der Waals surface area contributed by atoms with E-state index in [0.29, 0.717) is 5.56 Å². The second-order valence-electron chi connectivity index (χ2n) is 6.46. The molecule has 0 spiro atoms. The van der Waals surface area contributed by atoms with Crippen molar-refractivity contribution in [3.8, 4) is 0 Å². The van der Waals surface area contributed by atoms with Crippen molar-refractivity contribution in [1.82, 2.24) is 0 Å². The number of halogens is 1. The van der Waals surface area contributed by atoms with Gasteiger partial charge in [-0.3, -0.25) is 0 Å². The van der Waals surface area contributed by atoms with Crippen LogP contribution in [0.15, 0.2) is 65.6 Å². The molecule has 6 rings (SSSR count). The fourth-order valence-electron chi connectivity index (χ4n) is 4.45. The number of benzene rings is 3. The van der Waals surface area contributed by atoms with Gasteiger partial charge < -0.3 is 4.55 Å². The van der Waals surface area contributed by atoms with E-state index in [9.17, 15) is 13.0 Å². The van der Waals surface area contributed by atoms with Crippen molar-refractivity contribution in [2.24, 2.45) is 0 Å². The molecule has 3 aromatic rings. The maximum absolute atomic E-state index is 12.0. The topological polar surface area (TPSA) is 57.2 Å². The first-order valence-corrected chi connectivity index (χ1v) is 9.73. The number of hydrogen-bond acceptors (Lipinski definition) is 3. The first-order valence-electron chi connectivity index (χ1n) is 7.94. The third-order valence-electron chi connectivity index (χ3n) is 5.27. The van der Waals surface area contributed by atoms with Gasteiger partial charge in [0.15, 0.2) is 0 Å². The molecule has 3 aliphatic carbocycles. The molecule has 124 valence electrons. The summed E-state index contributed by atoms with van der Waals surface area (Å²) in [6.45, 7) is 0. The SMILES string of the molecule is O=S(=O)([O-])c1c(Cl)ccc2c1C1c3ccccc3C2c2ccccc21.[K+]. The molecular formula is C20H12ClKO3S. The Kier molecular flexibility index (Phi) is 4.73. The minimum Gasteiger partial charge on any atom is -0.744 e. The molecule has 3 aliphatic rings. The Morgan fingerprint density at radius 2 is 1.19 bits per heavy atom. The van der Waals surface area contributed by atoms with Gasteiger partial charge in [0.1, 0.15) is 10.1 Å². The van der Waals surface area contributed by atoms with Crippen LogP contribution in [-0.4, -0.2) is 13.0 Å². The van der Waals surface area contributed by atoms with Gasteiger partial charge in [-0.15, -0.1) is 0 Å². The molecule has 0 aromatic heterocycles. The van der Waals surface area contributed by atoms with E-state index in [2.05, 4.69) is 12.1 Å². The average molecular weight is 407 g/mol. The first kappa shape index (κ1) is 18.8. The van der Waals surface area contributed by atoms with Crippen molar-refractivity contribution < 1.29 is 64.4 Å². The second-order valence-corrected chi connectivity index (χ2v) is 8.18. The van der Waals surface area contributed by atoms with Crippen LogP contribution in [0.5, 0.6) is 0 Å². The molecule has 0 saturated carbocycles. The maximum atomic E-state index is 12.0. The van der Waals surface area contributed by atoms with Crippen LogP contribution in [0.1, 0.15) is 45.2 Å². The van der Waals surface area contributed by atoms with Crippen molar-refractivity contribution in [2.45, 2.75) is 16.7 Å².